The second kappa shape index (κ2) is 10.0. The summed E-state index contributed by atoms with van der Waals surface area (Å²) in [6, 6.07) is 24.9. The molecule has 35 heavy (non-hydrogen) atoms. The maximum Gasteiger partial charge on any atom is 0.289 e. The summed E-state index contributed by atoms with van der Waals surface area (Å²) in [5.74, 6) is 1.17. The van der Waals surface area contributed by atoms with Gasteiger partial charge >= 0.3 is 0 Å². The number of carbonyl (C=O) groups is 2. The van der Waals surface area contributed by atoms with Gasteiger partial charge in [0.15, 0.2) is 5.76 Å². The van der Waals surface area contributed by atoms with Gasteiger partial charge in [0.2, 0.25) is 5.91 Å². The maximum absolute atomic E-state index is 12.9. The number of rotatable bonds is 7. The number of amides is 2. The number of carbonyl (C=O) groups excluding carboxylic acids is 2. The SMILES string of the molecule is NC(=O)c1ccc(CN2CCN(C(=O)c3ccc(COc4ccc5ccccc5c4)o3)CC2)cc1. The number of piperazine rings is 1. The third-order valence-corrected chi connectivity index (χ3v) is 6.28. The molecule has 1 saturated heterocycles. The minimum absolute atomic E-state index is 0.104. The molecule has 7 nitrogen and oxygen atoms in total. The Kier molecular flexibility index (Phi) is 6.50. The predicted octanol–water partition coefficient (Wildman–Crippen LogP) is 4.07. The summed E-state index contributed by atoms with van der Waals surface area (Å²) in [5, 5.41) is 2.27. The van der Waals surface area contributed by atoms with Gasteiger partial charge in [0, 0.05) is 38.3 Å². The quantitative estimate of drug-likeness (QED) is 0.441. The number of primary amides is 1. The average molecular weight is 470 g/mol. The van der Waals surface area contributed by atoms with Crippen LogP contribution in [0, 0.1) is 0 Å². The Morgan fingerprint density at radius 3 is 2.34 bits per heavy atom. The highest BCUT2D eigenvalue weighted by molar-refractivity contribution is 5.92. The van der Waals surface area contributed by atoms with E-state index < -0.39 is 5.91 Å². The molecule has 178 valence electrons. The number of hydrogen-bond acceptors (Lipinski definition) is 5. The lowest BCUT2D eigenvalue weighted by Crippen LogP contribution is -2.48. The van der Waals surface area contributed by atoms with Crippen molar-refractivity contribution in [1.29, 1.82) is 0 Å². The van der Waals surface area contributed by atoms with Crippen LogP contribution in [-0.2, 0) is 13.2 Å². The van der Waals surface area contributed by atoms with Crippen LogP contribution in [-0.4, -0.2) is 47.8 Å². The van der Waals surface area contributed by atoms with Gasteiger partial charge in [-0.1, -0.05) is 42.5 Å². The number of benzene rings is 3. The molecule has 2 amide bonds. The molecule has 0 saturated carbocycles. The molecule has 1 aliphatic rings. The van der Waals surface area contributed by atoms with E-state index in [0.717, 1.165) is 41.7 Å². The van der Waals surface area contributed by atoms with Gasteiger partial charge in [0.25, 0.3) is 5.91 Å². The van der Waals surface area contributed by atoms with Gasteiger partial charge in [-0.3, -0.25) is 14.5 Å². The van der Waals surface area contributed by atoms with E-state index in [0.29, 0.717) is 30.2 Å². The molecule has 5 rings (SSSR count). The second-order valence-electron chi connectivity index (χ2n) is 8.69. The fourth-order valence-electron chi connectivity index (χ4n) is 4.28. The van der Waals surface area contributed by atoms with E-state index in [1.54, 1.807) is 24.3 Å². The summed E-state index contributed by atoms with van der Waals surface area (Å²) >= 11 is 0. The zero-order valence-electron chi connectivity index (χ0n) is 19.4. The molecule has 0 bridgehead atoms. The molecular formula is C28H27N3O4. The van der Waals surface area contributed by atoms with Crippen LogP contribution in [0.2, 0.25) is 0 Å². The molecule has 7 heteroatoms. The van der Waals surface area contributed by atoms with Crippen molar-refractivity contribution < 1.29 is 18.7 Å². The van der Waals surface area contributed by atoms with E-state index in [-0.39, 0.29) is 12.5 Å². The average Bonchev–Trinajstić information content (AvgIpc) is 3.37. The van der Waals surface area contributed by atoms with Crippen molar-refractivity contribution >= 4 is 22.6 Å². The van der Waals surface area contributed by atoms with Crippen molar-refractivity contribution in [1.82, 2.24) is 9.80 Å². The van der Waals surface area contributed by atoms with Crippen molar-refractivity contribution in [2.45, 2.75) is 13.2 Å². The van der Waals surface area contributed by atoms with Crippen LogP contribution in [0.25, 0.3) is 10.8 Å². The third kappa shape index (κ3) is 5.36. The molecule has 1 aliphatic heterocycles. The Hall–Kier alpha value is -4.10. The van der Waals surface area contributed by atoms with Gasteiger partial charge in [0.1, 0.15) is 18.1 Å². The number of fused-ring (bicyclic) bond motifs is 1. The molecule has 2 N–H and O–H groups in total. The molecule has 3 aromatic carbocycles. The summed E-state index contributed by atoms with van der Waals surface area (Å²) in [4.78, 5) is 28.3. The van der Waals surface area contributed by atoms with Crippen LogP contribution in [0.5, 0.6) is 5.75 Å². The molecule has 0 unspecified atom stereocenters. The summed E-state index contributed by atoms with van der Waals surface area (Å²) in [6.07, 6.45) is 0. The van der Waals surface area contributed by atoms with E-state index >= 15 is 0 Å². The third-order valence-electron chi connectivity index (χ3n) is 6.28. The van der Waals surface area contributed by atoms with Crippen LogP contribution >= 0.6 is 0 Å². The van der Waals surface area contributed by atoms with E-state index in [2.05, 4.69) is 11.0 Å². The van der Waals surface area contributed by atoms with Gasteiger partial charge in [0.05, 0.1) is 0 Å². The largest absolute Gasteiger partial charge is 0.486 e. The number of furan rings is 1. The van der Waals surface area contributed by atoms with E-state index in [1.165, 1.54) is 0 Å². The Balaban J connectivity index is 1.12. The molecular weight excluding hydrogens is 442 g/mol. The first kappa shape index (κ1) is 22.7. The smallest absolute Gasteiger partial charge is 0.289 e. The van der Waals surface area contributed by atoms with Gasteiger partial charge in [-0.15, -0.1) is 0 Å². The van der Waals surface area contributed by atoms with Crippen LogP contribution in [0.3, 0.4) is 0 Å². The molecule has 4 aromatic rings. The monoisotopic (exact) mass is 469 g/mol. The van der Waals surface area contributed by atoms with Crippen molar-refractivity contribution in [2.75, 3.05) is 26.2 Å². The molecule has 2 heterocycles. The van der Waals surface area contributed by atoms with Gasteiger partial charge in [-0.2, -0.15) is 0 Å². The van der Waals surface area contributed by atoms with Gasteiger partial charge < -0.3 is 19.8 Å². The van der Waals surface area contributed by atoms with Crippen LogP contribution < -0.4 is 10.5 Å². The predicted molar refractivity (Wildman–Crippen MR) is 133 cm³/mol. The first-order valence-corrected chi connectivity index (χ1v) is 11.7. The fourth-order valence-corrected chi connectivity index (χ4v) is 4.28. The molecule has 1 fully saturated rings. The summed E-state index contributed by atoms with van der Waals surface area (Å²) in [5.41, 5.74) is 6.91. The van der Waals surface area contributed by atoms with Crippen molar-refractivity contribution in [2.24, 2.45) is 5.73 Å². The highest BCUT2D eigenvalue weighted by Gasteiger charge is 2.24. The maximum atomic E-state index is 12.9. The van der Waals surface area contributed by atoms with E-state index in [4.69, 9.17) is 14.9 Å². The zero-order chi connectivity index (χ0) is 24.2. The van der Waals surface area contributed by atoms with Crippen molar-refractivity contribution in [3.05, 3.63) is 102 Å². The van der Waals surface area contributed by atoms with Crippen LogP contribution in [0.4, 0.5) is 0 Å². The summed E-state index contributed by atoms with van der Waals surface area (Å²) in [6.45, 7) is 3.81. The zero-order valence-corrected chi connectivity index (χ0v) is 19.4. The highest BCUT2D eigenvalue weighted by Crippen LogP contribution is 2.22. The minimum Gasteiger partial charge on any atom is -0.486 e. The summed E-state index contributed by atoms with van der Waals surface area (Å²) in [7, 11) is 0. The normalized spacial score (nSPS) is 14.2. The first-order valence-electron chi connectivity index (χ1n) is 11.7. The van der Waals surface area contributed by atoms with Gasteiger partial charge in [-0.25, -0.2) is 0 Å². The highest BCUT2D eigenvalue weighted by atomic mass is 16.5. The Bertz CT molecular complexity index is 1340. The number of hydrogen-bond donors (Lipinski definition) is 1. The Morgan fingerprint density at radius 1 is 0.857 bits per heavy atom. The molecule has 0 spiro atoms. The lowest BCUT2D eigenvalue weighted by atomic mass is 10.1. The van der Waals surface area contributed by atoms with Crippen LogP contribution in [0.1, 0.15) is 32.2 Å². The standard InChI is InChI=1S/C28H27N3O4/c29-27(32)22-7-5-20(6-8-22)18-30-13-15-31(16-14-30)28(33)26-12-11-25(35-26)19-34-24-10-9-21-3-1-2-4-23(21)17-24/h1-12,17H,13-16,18-19H2,(H2,29,32). The molecule has 0 radical (unpaired) electrons. The first-order chi connectivity index (χ1) is 17.0. The Labute approximate surface area is 203 Å². The van der Waals surface area contributed by atoms with Gasteiger partial charge in [-0.05, 0) is 52.7 Å². The summed E-state index contributed by atoms with van der Waals surface area (Å²) < 4.78 is 11.7. The molecule has 0 aliphatic carbocycles. The lowest BCUT2D eigenvalue weighted by molar-refractivity contribution is 0.0594. The lowest BCUT2D eigenvalue weighted by Gasteiger charge is -2.34. The number of ether oxygens (including phenoxy) is 1. The van der Waals surface area contributed by atoms with E-state index in [1.807, 2.05) is 53.4 Å². The second-order valence-corrected chi connectivity index (χ2v) is 8.69. The molecule has 1 aromatic heterocycles. The number of nitrogens with two attached hydrogens (primary N) is 1. The van der Waals surface area contributed by atoms with Crippen molar-refractivity contribution in [3.8, 4) is 5.75 Å². The minimum atomic E-state index is -0.426. The topological polar surface area (TPSA) is 89.0 Å². The number of nitrogens with zero attached hydrogens (tertiary/aromatic N) is 2. The molecule has 0 atom stereocenters. The van der Waals surface area contributed by atoms with Crippen LogP contribution in [0.15, 0.2) is 83.3 Å². The fraction of sp³-hybridized carbons (Fsp3) is 0.214. The Morgan fingerprint density at radius 2 is 1.60 bits per heavy atom. The van der Waals surface area contributed by atoms with Crippen molar-refractivity contribution in [3.63, 3.8) is 0 Å². The van der Waals surface area contributed by atoms with E-state index in [9.17, 15) is 9.59 Å².